The summed E-state index contributed by atoms with van der Waals surface area (Å²) in [4.78, 5) is 30.2. The molecule has 1 amide bonds. The van der Waals surface area contributed by atoms with Crippen LogP contribution in [0.3, 0.4) is 0 Å². The van der Waals surface area contributed by atoms with E-state index in [0.29, 0.717) is 24.4 Å². The highest BCUT2D eigenvalue weighted by Crippen LogP contribution is 2.18. The molecule has 0 aliphatic rings. The van der Waals surface area contributed by atoms with Crippen molar-refractivity contribution in [2.24, 2.45) is 0 Å². The van der Waals surface area contributed by atoms with Crippen molar-refractivity contribution < 1.29 is 14.3 Å². The van der Waals surface area contributed by atoms with Gasteiger partial charge in [-0.25, -0.2) is 4.79 Å². The molecule has 1 aromatic heterocycles. The Balaban J connectivity index is 1.61. The SMILES string of the molecule is CCOC(=O)C=CCN(C)c1ccc(C(=O)Nc2cnc3ccccc3c2)cc1. The summed E-state index contributed by atoms with van der Waals surface area (Å²) in [5, 5.41) is 3.85. The number of anilines is 2. The zero-order valence-corrected chi connectivity index (χ0v) is 16.5. The molecule has 2 aromatic carbocycles. The van der Waals surface area contributed by atoms with Gasteiger partial charge in [-0.15, -0.1) is 0 Å². The van der Waals surface area contributed by atoms with Crippen LogP contribution in [0.15, 0.2) is 72.9 Å². The lowest BCUT2D eigenvalue weighted by molar-refractivity contribution is -0.137. The van der Waals surface area contributed by atoms with Gasteiger partial charge in [-0.2, -0.15) is 0 Å². The number of fused-ring (bicyclic) bond motifs is 1. The summed E-state index contributed by atoms with van der Waals surface area (Å²) in [6, 6.07) is 16.9. The number of carbonyl (C=O) groups excluding carboxylic acids is 2. The van der Waals surface area contributed by atoms with Crippen LogP contribution in [0.1, 0.15) is 17.3 Å². The molecule has 6 nitrogen and oxygen atoms in total. The van der Waals surface area contributed by atoms with Gasteiger partial charge < -0.3 is 15.0 Å². The fraction of sp³-hybridized carbons (Fsp3) is 0.174. The molecule has 0 radical (unpaired) electrons. The van der Waals surface area contributed by atoms with Gasteiger partial charge in [0.25, 0.3) is 5.91 Å². The second kappa shape index (κ2) is 9.50. The van der Waals surface area contributed by atoms with Gasteiger partial charge in [-0.1, -0.05) is 24.3 Å². The first kappa shape index (κ1) is 20.1. The number of pyridine rings is 1. The number of nitrogens with zero attached hydrogens (tertiary/aromatic N) is 2. The van der Waals surface area contributed by atoms with Crippen molar-refractivity contribution in [3.8, 4) is 0 Å². The van der Waals surface area contributed by atoms with E-state index in [1.807, 2.05) is 54.4 Å². The number of carbonyl (C=O) groups is 2. The molecule has 1 heterocycles. The topological polar surface area (TPSA) is 71.5 Å². The minimum absolute atomic E-state index is 0.196. The third-order valence-corrected chi connectivity index (χ3v) is 4.34. The van der Waals surface area contributed by atoms with Gasteiger partial charge in [0, 0.05) is 36.3 Å². The first-order valence-electron chi connectivity index (χ1n) is 9.37. The van der Waals surface area contributed by atoms with E-state index in [0.717, 1.165) is 16.6 Å². The molecule has 0 fully saturated rings. The molecule has 0 aliphatic carbocycles. The van der Waals surface area contributed by atoms with Crippen LogP contribution in [-0.2, 0) is 9.53 Å². The molecule has 0 atom stereocenters. The van der Waals surface area contributed by atoms with Crippen LogP contribution in [-0.4, -0.2) is 37.1 Å². The van der Waals surface area contributed by atoms with Gasteiger partial charge in [-0.05, 0) is 43.3 Å². The molecule has 0 spiro atoms. The molecule has 148 valence electrons. The van der Waals surface area contributed by atoms with E-state index in [4.69, 9.17) is 4.74 Å². The van der Waals surface area contributed by atoms with Gasteiger partial charge in [0.15, 0.2) is 0 Å². The summed E-state index contributed by atoms with van der Waals surface area (Å²) in [6.45, 7) is 2.68. The monoisotopic (exact) mass is 389 g/mol. The maximum atomic E-state index is 12.5. The molecular formula is C23H23N3O3. The van der Waals surface area contributed by atoms with Gasteiger partial charge in [-0.3, -0.25) is 9.78 Å². The Morgan fingerprint density at radius 2 is 1.90 bits per heavy atom. The highest BCUT2D eigenvalue weighted by molar-refractivity contribution is 6.05. The number of hydrogen-bond acceptors (Lipinski definition) is 5. The van der Waals surface area contributed by atoms with E-state index in [2.05, 4.69) is 10.3 Å². The Bertz CT molecular complexity index is 1030. The Labute approximate surface area is 169 Å². The second-order valence-electron chi connectivity index (χ2n) is 6.45. The van der Waals surface area contributed by atoms with Crippen LogP contribution >= 0.6 is 0 Å². The third kappa shape index (κ3) is 5.42. The number of hydrogen-bond donors (Lipinski definition) is 1. The highest BCUT2D eigenvalue weighted by Gasteiger charge is 2.08. The standard InChI is InChI=1S/C23H23N3O3/c1-3-29-22(27)9-6-14-26(2)20-12-10-17(11-13-20)23(28)25-19-15-18-7-4-5-8-21(18)24-16-19/h4-13,15-16H,3,14H2,1-2H3,(H,25,28). The predicted octanol–water partition coefficient (Wildman–Crippen LogP) is 4.04. The van der Waals surface area contributed by atoms with E-state index in [9.17, 15) is 9.59 Å². The lowest BCUT2D eigenvalue weighted by Crippen LogP contribution is -2.17. The third-order valence-electron chi connectivity index (χ3n) is 4.34. The van der Waals surface area contributed by atoms with E-state index >= 15 is 0 Å². The summed E-state index contributed by atoms with van der Waals surface area (Å²) in [6.07, 6.45) is 4.81. The zero-order chi connectivity index (χ0) is 20.6. The molecule has 0 bridgehead atoms. The van der Waals surface area contributed by atoms with E-state index in [1.165, 1.54) is 6.08 Å². The lowest BCUT2D eigenvalue weighted by atomic mass is 10.1. The van der Waals surface area contributed by atoms with Gasteiger partial charge in [0.2, 0.25) is 0 Å². The van der Waals surface area contributed by atoms with Crippen LogP contribution < -0.4 is 10.2 Å². The van der Waals surface area contributed by atoms with Crippen molar-refractivity contribution in [2.45, 2.75) is 6.92 Å². The molecule has 0 saturated heterocycles. The second-order valence-corrected chi connectivity index (χ2v) is 6.45. The Hall–Kier alpha value is -3.67. The number of nitrogens with one attached hydrogen (secondary N) is 1. The number of likely N-dealkylation sites (N-methyl/N-ethyl adjacent to an activating group) is 1. The van der Waals surface area contributed by atoms with Crippen molar-refractivity contribution >= 4 is 34.2 Å². The van der Waals surface area contributed by atoms with Gasteiger partial charge in [0.1, 0.15) is 0 Å². The van der Waals surface area contributed by atoms with Gasteiger partial charge in [0.05, 0.1) is 24.0 Å². The molecule has 3 aromatic rings. The minimum Gasteiger partial charge on any atom is -0.463 e. The number of benzene rings is 2. The summed E-state index contributed by atoms with van der Waals surface area (Å²) in [7, 11) is 1.91. The normalized spacial score (nSPS) is 10.8. The number of para-hydroxylation sites is 1. The van der Waals surface area contributed by atoms with Crippen molar-refractivity contribution in [1.29, 1.82) is 0 Å². The van der Waals surface area contributed by atoms with Crippen LogP contribution in [0.5, 0.6) is 0 Å². The number of amides is 1. The maximum absolute atomic E-state index is 12.5. The maximum Gasteiger partial charge on any atom is 0.330 e. The number of esters is 1. The van der Waals surface area contributed by atoms with Crippen molar-refractivity contribution in [2.75, 3.05) is 30.4 Å². The molecular weight excluding hydrogens is 366 g/mol. The molecule has 1 N–H and O–H groups in total. The summed E-state index contributed by atoms with van der Waals surface area (Å²) < 4.78 is 4.85. The fourth-order valence-corrected chi connectivity index (χ4v) is 2.81. The Morgan fingerprint density at radius 1 is 1.14 bits per heavy atom. The van der Waals surface area contributed by atoms with Crippen LogP contribution in [0.25, 0.3) is 10.9 Å². The molecule has 6 heteroatoms. The van der Waals surface area contributed by atoms with E-state index in [-0.39, 0.29) is 11.9 Å². The van der Waals surface area contributed by atoms with E-state index < -0.39 is 0 Å². The highest BCUT2D eigenvalue weighted by atomic mass is 16.5. The average Bonchev–Trinajstić information content (AvgIpc) is 2.74. The predicted molar refractivity (Wildman–Crippen MR) is 115 cm³/mol. The smallest absolute Gasteiger partial charge is 0.330 e. The van der Waals surface area contributed by atoms with Crippen LogP contribution in [0, 0.1) is 0 Å². The largest absolute Gasteiger partial charge is 0.463 e. The quantitative estimate of drug-likeness (QED) is 0.488. The Morgan fingerprint density at radius 3 is 2.66 bits per heavy atom. The van der Waals surface area contributed by atoms with Gasteiger partial charge >= 0.3 is 5.97 Å². The Kier molecular flexibility index (Phi) is 6.58. The fourth-order valence-electron chi connectivity index (χ4n) is 2.81. The summed E-state index contributed by atoms with van der Waals surface area (Å²) in [5.41, 5.74) is 3.02. The first-order valence-corrected chi connectivity index (χ1v) is 9.37. The molecule has 0 saturated carbocycles. The molecule has 0 unspecified atom stereocenters. The number of rotatable bonds is 7. The van der Waals surface area contributed by atoms with Crippen molar-refractivity contribution in [3.05, 3.63) is 78.5 Å². The summed E-state index contributed by atoms with van der Waals surface area (Å²) in [5.74, 6) is -0.547. The molecule has 3 rings (SSSR count). The number of ether oxygens (including phenoxy) is 1. The zero-order valence-electron chi connectivity index (χ0n) is 16.5. The lowest BCUT2D eigenvalue weighted by Gasteiger charge is -2.17. The van der Waals surface area contributed by atoms with E-state index in [1.54, 1.807) is 31.3 Å². The van der Waals surface area contributed by atoms with Crippen molar-refractivity contribution in [1.82, 2.24) is 4.98 Å². The van der Waals surface area contributed by atoms with Crippen LogP contribution in [0.4, 0.5) is 11.4 Å². The summed E-state index contributed by atoms with van der Waals surface area (Å²) >= 11 is 0. The van der Waals surface area contributed by atoms with Crippen molar-refractivity contribution in [3.63, 3.8) is 0 Å². The molecule has 0 aliphatic heterocycles. The first-order chi connectivity index (χ1) is 14.1. The van der Waals surface area contributed by atoms with Crippen LogP contribution in [0.2, 0.25) is 0 Å². The molecule has 29 heavy (non-hydrogen) atoms. The number of aromatic nitrogens is 1. The average molecular weight is 389 g/mol. The minimum atomic E-state index is -0.351.